The maximum absolute atomic E-state index is 8.05. The van der Waals surface area contributed by atoms with E-state index in [1.807, 2.05) is 0 Å². The van der Waals surface area contributed by atoms with Gasteiger partial charge < -0.3 is 9.66 Å². The van der Waals surface area contributed by atoms with Gasteiger partial charge >= 0.3 is 0 Å². The fourth-order valence-electron chi connectivity index (χ4n) is 0.111. The monoisotopic (exact) mass is 122 g/mol. The lowest BCUT2D eigenvalue weighted by Crippen LogP contribution is -1.83. The van der Waals surface area contributed by atoms with E-state index in [0.29, 0.717) is 0 Å². The second kappa shape index (κ2) is 5.87. The molecule has 0 aromatic heterocycles. The van der Waals surface area contributed by atoms with Crippen LogP contribution in [0.2, 0.25) is 0 Å². The van der Waals surface area contributed by atoms with Gasteiger partial charge in [-0.2, -0.15) is 5.11 Å². The average Bonchev–Trinajstić information content (AvgIpc) is 1.69. The molecule has 2 N–H and O–H groups in total. The zero-order valence-electron chi connectivity index (χ0n) is 3.61. The molecule has 0 aliphatic carbocycles. The Balaban J connectivity index is 2.78. The number of aliphatic hydroxyl groups is 1. The van der Waals surface area contributed by atoms with Gasteiger partial charge in [-0.3, -0.25) is 0 Å². The standard InChI is InChI=1S/C2H6N2O2S/c5-2-1-3-4-7-6/h5-6H,1-2H2. The fourth-order valence-corrected chi connectivity index (χ4v) is 0.245. The Labute approximate surface area is 45.6 Å². The predicted molar refractivity (Wildman–Crippen MR) is 27.0 cm³/mol. The maximum atomic E-state index is 8.05. The van der Waals surface area contributed by atoms with Crippen LogP contribution in [0.1, 0.15) is 0 Å². The van der Waals surface area contributed by atoms with E-state index in [1.165, 1.54) is 0 Å². The van der Waals surface area contributed by atoms with Crippen molar-refractivity contribution in [2.24, 2.45) is 9.63 Å². The fraction of sp³-hybridized carbons (Fsp3) is 1.00. The summed E-state index contributed by atoms with van der Waals surface area (Å²) in [5.74, 6) is 0. The molecule has 4 nitrogen and oxygen atoms in total. The molecule has 0 aromatic rings. The Morgan fingerprint density at radius 3 is 2.71 bits per heavy atom. The molecule has 0 unspecified atom stereocenters. The Kier molecular flexibility index (Phi) is 5.76. The number of aliphatic hydroxyl groups excluding tert-OH is 1. The van der Waals surface area contributed by atoms with E-state index in [-0.39, 0.29) is 25.4 Å². The summed E-state index contributed by atoms with van der Waals surface area (Å²) in [5.41, 5.74) is 0. The van der Waals surface area contributed by atoms with Crippen LogP contribution in [0, 0.1) is 0 Å². The lowest BCUT2D eigenvalue weighted by Gasteiger charge is -1.78. The normalized spacial score (nSPS) is 10.6. The van der Waals surface area contributed by atoms with Crippen LogP contribution in [0.15, 0.2) is 9.63 Å². The molecule has 0 amide bonds. The largest absolute Gasteiger partial charge is 0.394 e. The number of hydrogen-bond acceptors (Lipinski definition) is 5. The van der Waals surface area contributed by atoms with Crippen molar-refractivity contribution in [3.8, 4) is 0 Å². The third kappa shape index (κ3) is 5.87. The van der Waals surface area contributed by atoms with Crippen LogP contribution in [0.4, 0.5) is 0 Å². The molecule has 0 atom stereocenters. The van der Waals surface area contributed by atoms with Crippen LogP contribution in [0.3, 0.4) is 0 Å². The Morgan fingerprint density at radius 1 is 1.57 bits per heavy atom. The molecule has 0 fully saturated rings. The van der Waals surface area contributed by atoms with Gasteiger partial charge in [-0.15, -0.1) is 0 Å². The summed E-state index contributed by atoms with van der Waals surface area (Å²) in [7, 11) is 0. The minimum atomic E-state index is -0.0238. The molecule has 0 spiro atoms. The highest BCUT2D eigenvalue weighted by Gasteiger charge is 1.71. The smallest absolute Gasteiger partial charge is 0.155 e. The van der Waals surface area contributed by atoms with Gasteiger partial charge in [0.1, 0.15) is 0 Å². The van der Waals surface area contributed by atoms with Crippen molar-refractivity contribution in [1.29, 1.82) is 0 Å². The van der Waals surface area contributed by atoms with E-state index in [2.05, 4.69) is 9.63 Å². The molecule has 7 heavy (non-hydrogen) atoms. The van der Waals surface area contributed by atoms with E-state index in [0.717, 1.165) is 0 Å². The molecule has 0 radical (unpaired) electrons. The number of rotatable bonds is 3. The van der Waals surface area contributed by atoms with Crippen molar-refractivity contribution in [2.75, 3.05) is 13.2 Å². The highest BCUT2D eigenvalue weighted by molar-refractivity contribution is 7.92. The second-order valence-corrected chi connectivity index (χ2v) is 1.08. The SMILES string of the molecule is OCCN=NSO. The molecule has 0 rings (SSSR count). The van der Waals surface area contributed by atoms with Gasteiger partial charge in [0.25, 0.3) is 0 Å². The van der Waals surface area contributed by atoms with E-state index < -0.39 is 0 Å². The number of nitrogens with zero attached hydrogens (tertiary/aromatic N) is 2. The van der Waals surface area contributed by atoms with E-state index >= 15 is 0 Å². The van der Waals surface area contributed by atoms with Crippen molar-refractivity contribution in [1.82, 2.24) is 0 Å². The van der Waals surface area contributed by atoms with Crippen molar-refractivity contribution < 1.29 is 9.66 Å². The molecular formula is C2H6N2O2S. The highest BCUT2D eigenvalue weighted by Crippen LogP contribution is 1.91. The molecule has 42 valence electrons. The van der Waals surface area contributed by atoms with E-state index in [1.54, 1.807) is 0 Å². The van der Waals surface area contributed by atoms with Gasteiger partial charge in [0.2, 0.25) is 0 Å². The van der Waals surface area contributed by atoms with Crippen LogP contribution in [-0.4, -0.2) is 22.8 Å². The minimum Gasteiger partial charge on any atom is -0.394 e. The number of hydrogen-bond donors (Lipinski definition) is 2. The zero-order chi connectivity index (χ0) is 5.54. The molecule has 0 aliphatic heterocycles. The molecule has 0 bridgehead atoms. The van der Waals surface area contributed by atoms with Gasteiger partial charge in [-0.25, -0.2) is 0 Å². The summed E-state index contributed by atoms with van der Waals surface area (Å²) in [5, 5.41) is 11.3. The first-order chi connectivity index (χ1) is 3.41. The van der Waals surface area contributed by atoms with Gasteiger partial charge in [0, 0.05) is 0 Å². The van der Waals surface area contributed by atoms with Gasteiger partial charge in [0.05, 0.1) is 13.2 Å². The summed E-state index contributed by atoms with van der Waals surface area (Å²) in [6.45, 7) is 0.234. The maximum Gasteiger partial charge on any atom is 0.155 e. The third-order valence-electron chi connectivity index (χ3n) is 0.294. The van der Waals surface area contributed by atoms with Crippen molar-refractivity contribution in [2.45, 2.75) is 0 Å². The van der Waals surface area contributed by atoms with E-state index in [4.69, 9.17) is 9.66 Å². The first kappa shape index (κ1) is 6.87. The summed E-state index contributed by atoms with van der Waals surface area (Å²) in [4.78, 5) is 0. The van der Waals surface area contributed by atoms with Crippen LogP contribution in [0.25, 0.3) is 0 Å². The van der Waals surface area contributed by atoms with Crippen LogP contribution in [0.5, 0.6) is 0 Å². The topological polar surface area (TPSA) is 65.2 Å². The molecule has 5 heteroatoms. The van der Waals surface area contributed by atoms with Crippen molar-refractivity contribution in [3.63, 3.8) is 0 Å². The molecular weight excluding hydrogens is 116 g/mol. The zero-order valence-corrected chi connectivity index (χ0v) is 4.43. The molecule has 0 saturated heterocycles. The summed E-state index contributed by atoms with van der Waals surface area (Å²) < 4.78 is 11.0. The van der Waals surface area contributed by atoms with Gasteiger partial charge in [-0.1, -0.05) is 4.52 Å². The van der Waals surface area contributed by atoms with Crippen molar-refractivity contribution >= 4 is 12.2 Å². The summed E-state index contributed by atoms with van der Waals surface area (Å²) >= 11 is 0.289. The molecule has 0 aliphatic rings. The predicted octanol–water partition coefficient (Wildman–Crippen LogP) is 0.552. The van der Waals surface area contributed by atoms with Crippen LogP contribution >= 0.6 is 12.2 Å². The second-order valence-electron chi connectivity index (χ2n) is 0.752. The van der Waals surface area contributed by atoms with Gasteiger partial charge in [0.15, 0.2) is 12.2 Å². The lowest BCUT2D eigenvalue weighted by molar-refractivity contribution is 0.305. The van der Waals surface area contributed by atoms with E-state index in [9.17, 15) is 0 Å². The Bertz CT molecular complexity index is 57.7. The van der Waals surface area contributed by atoms with Gasteiger partial charge in [-0.05, 0) is 0 Å². The average molecular weight is 122 g/mol. The molecule has 0 saturated carbocycles. The minimum absolute atomic E-state index is 0.0238. The summed E-state index contributed by atoms with van der Waals surface area (Å²) in [6.07, 6.45) is 0. The lowest BCUT2D eigenvalue weighted by atomic mass is 10.8. The molecule has 0 aromatic carbocycles. The first-order valence-corrected chi connectivity index (χ1v) is 2.43. The highest BCUT2D eigenvalue weighted by atomic mass is 32.2. The quantitative estimate of drug-likeness (QED) is 0.326. The van der Waals surface area contributed by atoms with Crippen LogP contribution < -0.4 is 0 Å². The van der Waals surface area contributed by atoms with Crippen molar-refractivity contribution in [3.05, 3.63) is 0 Å². The first-order valence-electron chi connectivity index (χ1n) is 1.70. The third-order valence-corrected chi connectivity index (χ3v) is 0.483. The summed E-state index contributed by atoms with van der Waals surface area (Å²) in [6, 6.07) is 0. The Hall–Kier alpha value is -0.130. The van der Waals surface area contributed by atoms with Crippen LogP contribution in [-0.2, 0) is 0 Å². The Morgan fingerprint density at radius 2 is 2.29 bits per heavy atom. The molecule has 0 heterocycles.